The van der Waals surface area contributed by atoms with Crippen LogP contribution < -0.4 is 5.32 Å². The van der Waals surface area contributed by atoms with Gasteiger partial charge in [-0.05, 0) is 23.1 Å². The Kier molecular flexibility index (Phi) is 2.11. The summed E-state index contributed by atoms with van der Waals surface area (Å²) in [7, 11) is 0. The zero-order valence-corrected chi connectivity index (χ0v) is 8.81. The molecule has 1 heterocycles. The van der Waals surface area contributed by atoms with Gasteiger partial charge >= 0.3 is 0 Å². The van der Waals surface area contributed by atoms with Gasteiger partial charge in [0.15, 0.2) is 0 Å². The largest absolute Gasteiger partial charge is 0.306 e. The third-order valence-electron chi connectivity index (χ3n) is 2.93. The first-order valence-corrected chi connectivity index (χ1v) is 6.10. The van der Waals surface area contributed by atoms with Gasteiger partial charge in [0.2, 0.25) is 0 Å². The van der Waals surface area contributed by atoms with Crippen LogP contribution in [0.15, 0.2) is 30.3 Å². The highest BCUT2D eigenvalue weighted by molar-refractivity contribution is 8.00. The van der Waals surface area contributed by atoms with E-state index in [9.17, 15) is 0 Å². The van der Waals surface area contributed by atoms with Crippen LogP contribution in [0.2, 0.25) is 0 Å². The SMILES string of the molecule is C1=C(C2CNCS2)c2ccccc2C1. The summed E-state index contributed by atoms with van der Waals surface area (Å²) in [6, 6.07) is 8.78. The Hall–Kier alpha value is -0.730. The Bertz CT molecular complexity index is 378. The third kappa shape index (κ3) is 1.30. The Morgan fingerprint density at radius 1 is 1.29 bits per heavy atom. The van der Waals surface area contributed by atoms with E-state index in [1.54, 1.807) is 5.57 Å². The zero-order valence-electron chi connectivity index (χ0n) is 7.99. The molecule has 1 nitrogen and oxygen atoms in total. The normalized spacial score (nSPS) is 24.9. The molecule has 0 bridgehead atoms. The van der Waals surface area contributed by atoms with Crippen molar-refractivity contribution in [2.75, 3.05) is 12.4 Å². The summed E-state index contributed by atoms with van der Waals surface area (Å²) in [5, 5.41) is 4.08. The minimum absolute atomic E-state index is 0.679. The standard InChI is InChI=1S/C12H13NS/c1-2-4-10-9(3-1)5-6-11(10)12-7-13-8-14-12/h1-4,6,12-13H,5,7-8H2. The van der Waals surface area contributed by atoms with E-state index in [1.165, 1.54) is 11.1 Å². The van der Waals surface area contributed by atoms with Crippen LogP contribution in [0.4, 0.5) is 0 Å². The smallest absolute Gasteiger partial charge is 0.0438 e. The highest BCUT2D eigenvalue weighted by Gasteiger charge is 2.24. The number of nitrogens with one attached hydrogen (secondary N) is 1. The van der Waals surface area contributed by atoms with E-state index >= 15 is 0 Å². The molecular formula is C12H13NS. The predicted octanol–water partition coefficient (Wildman–Crippen LogP) is 2.29. The van der Waals surface area contributed by atoms with Crippen molar-refractivity contribution in [1.82, 2.24) is 5.32 Å². The number of benzene rings is 1. The summed E-state index contributed by atoms with van der Waals surface area (Å²) in [5.74, 6) is 1.10. The van der Waals surface area contributed by atoms with Crippen molar-refractivity contribution in [3.8, 4) is 0 Å². The molecule has 2 heteroatoms. The fourth-order valence-corrected chi connectivity index (χ4v) is 3.30. The van der Waals surface area contributed by atoms with E-state index in [2.05, 4.69) is 35.7 Å². The second-order valence-electron chi connectivity index (χ2n) is 3.77. The molecule has 0 amide bonds. The van der Waals surface area contributed by atoms with E-state index in [0.717, 1.165) is 18.8 Å². The zero-order chi connectivity index (χ0) is 9.38. The van der Waals surface area contributed by atoms with Crippen LogP contribution in [-0.2, 0) is 6.42 Å². The predicted molar refractivity (Wildman–Crippen MR) is 62.4 cm³/mol. The average molecular weight is 203 g/mol. The Morgan fingerprint density at radius 3 is 3.07 bits per heavy atom. The number of rotatable bonds is 1. The molecule has 0 spiro atoms. The molecular weight excluding hydrogens is 190 g/mol. The molecule has 1 aromatic carbocycles. The van der Waals surface area contributed by atoms with Crippen LogP contribution in [0.1, 0.15) is 11.1 Å². The van der Waals surface area contributed by atoms with Crippen LogP contribution in [0, 0.1) is 0 Å². The molecule has 0 radical (unpaired) electrons. The highest BCUT2D eigenvalue weighted by atomic mass is 32.2. The molecule has 1 aliphatic carbocycles. The van der Waals surface area contributed by atoms with Gasteiger partial charge in [0, 0.05) is 17.7 Å². The topological polar surface area (TPSA) is 12.0 Å². The van der Waals surface area contributed by atoms with Crippen LogP contribution >= 0.6 is 11.8 Å². The van der Waals surface area contributed by atoms with Crippen molar-refractivity contribution >= 4 is 17.3 Å². The molecule has 1 saturated heterocycles. The van der Waals surface area contributed by atoms with Crippen molar-refractivity contribution in [3.05, 3.63) is 41.5 Å². The Labute approximate surface area is 88.6 Å². The molecule has 72 valence electrons. The van der Waals surface area contributed by atoms with Gasteiger partial charge in [-0.2, -0.15) is 0 Å². The molecule has 0 saturated carbocycles. The summed E-state index contributed by atoms with van der Waals surface area (Å²) >= 11 is 2.02. The van der Waals surface area contributed by atoms with E-state index in [0.29, 0.717) is 5.25 Å². The molecule has 1 fully saturated rings. The lowest BCUT2D eigenvalue weighted by atomic mass is 10.0. The molecule has 14 heavy (non-hydrogen) atoms. The monoisotopic (exact) mass is 203 g/mol. The molecule has 2 aliphatic rings. The van der Waals surface area contributed by atoms with Crippen molar-refractivity contribution in [1.29, 1.82) is 0 Å². The van der Waals surface area contributed by atoms with Gasteiger partial charge in [0.05, 0.1) is 0 Å². The first-order valence-electron chi connectivity index (χ1n) is 5.06. The Morgan fingerprint density at radius 2 is 2.21 bits per heavy atom. The maximum absolute atomic E-state index is 3.40. The van der Waals surface area contributed by atoms with Crippen molar-refractivity contribution < 1.29 is 0 Å². The van der Waals surface area contributed by atoms with E-state index < -0.39 is 0 Å². The van der Waals surface area contributed by atoms with E-state index in [1.807, 2.05) is 11.8 Å². The number of allylic oxidation sites excluding steroid dienone is 1. The number of hydrogen-bond donors (Lipinski definition) is 1. The van der Waals surface area contributed by atoms with Gasteiger partial charge in [0.25, 0.3) is 0 Å². The van der Waals surface area contributed by atoms with Crippen molar-refractivity contribution in [3.63, 3.8) is 0 Å². The minimum atomic E-state index is 0.679. The van der Waals surface area contributed by atoms with Gasteiger partial charge in [-0.1, -0.05) is 30.3 Å². The number of fused-ring (bicyclic) bond motifs is 1. The first-order chi connectivity index (χ1) is 6.95. The summed E-state index contributed by atoms with van der Waals surface area (Å²) in [5.41, 5.74) is 4.53. The second kappa shape index (κ2) is 3.44. The lowest BCUT2D eigenvalue weighted by Gasteiger charge is -2.11. The maximum atomic E-state index is 3.40. The third-order valence-corrected chi connectivity index (χ3v) is 4.13. The molecule has 3 rings (SSSR count). The van der Waals surface area contributed by atoms with Gasteiger partial charge in [-0.15, -0.1) is 11.8 Å². The van der Waals surface area contributed by atoms with Crippen molar-refractivity contribution in [2.45, 2.75) is 11.7 Å². The number of hydrogen-bond acceptors (Lipinski definition) is 2. The van der Waals surface area contributed by atoms with Crippen LogP contribution in [0.25, 0.3) is 5.57 Å². The fraction of sp³-hybridized carbons (Fsp3) is 0.333. The lowest BCUT2D eigenvalue weighted by Crippen LogP contribution is -2.13. The molecule has 1 aliphatic heterocycles. The van der Waals surface area contributed by atoms with Gasteiger partial charge in [-0.3, -0.25) is 0 Å². The van der Waals surface area contributed by atoms with Crippen LogP contribution in [-0.4, -0.2) is 17.7 Å². The molecule has 1 aromatic rings. The van der Waals surface area contributed by atoms with E-state index in [-0.39, 0.29) is 0 Å². The summed E-state index contributed by atoms with van der Waals surface area (Å²) in [6.45, 7) is 1.13. The summed E-state index contributed by atoms with van der Waals surface area (Å²) in [4.78, 5) is 0. The van der Waals surface area contributed by atoms with Crippen molar-refractivity contribution in [2.24, 2.45) is 0 Å². The lowest BCUT2D eigenvalue weighted by molar-refractivity contribution is 0.848. The molecule has 1 N–H and O–H groups in total. The minimum Gasteiger partial charge on any atom is -0.306 e. The van der Waals surface area contributed by atoms with Crippen LogP contribution in [0.5, 0.6) is 0 Å². The quantitative estimate of drug-likeness (QED) is 0.751. The Balaban J connectivity index is 1.95. The number of thioether (sulfide) groups is 1. The summed E-state index contributed by atoms with van der Waals surface area (Å²) < 4.78 is 0. The highest BCUT2D eigenvalue weighted by Crippen LogP contribution is 2.36. The molecule has 1 atom stereocenters. The maximum Gasteiger partial charge on any atom is 0.0438 e. The van der Waals surface area contributed by atoms with Gasteiger partial charge < -0.3 is 5.32 Å². The fourth-order valence-electron chi connectivity index (χ4n) is 2.22. The van der Waals surface area contributed by atoms with Gasteiger partial charge in [-0.25, -0.2) is 0 Å². The molecule has 0 aromatic heterocycles. The average Bonchev–Trinajstić information content (AvgIpc) is 2.85. The van der Waals surface area contributed by atoms with E-state index in [4.69, 9.17) is 0 Å². The van der Waals surface area contributed by atoms with Gasteiger partial charge in [0.1, 0.15) is 0 Å². The summed E-state index contributed by atoms with van der Waals surface area (Å²) in [6.07, 6.45) is 3.53. The second-order valence-corrected chi connectivity index (χ2v) is 4.97. The van der Waals surface area contributed by atoms with Crippen LogP contribution in [0.3, 0.4) is 0 Å². The molecule has 1 unspecified atom stereocenters. The first kappa shape index (κ1) is 8.57.